The molecule has 0 saturated heterocycles. The maximum absolute atomic E-state index is 13.2. The summed E-state index contributed by atoms with van der Waals surface area (Å²) in [6, 6.07) is 1.98. The number of carbonyl (C=O) groups is 2. The highest BCUT2D eigenvalue weighted by Crippen LogP contribution is 2.27. The van der Waals surface area contributed by atoms with Crippen LogP contribution in [-0.2, 0) is 4.79 Å². The molecule has 0 spiro atoms. The first-order chi connectivity index (χ1) is 9.99. The Morgan fingerprint density at radius 3 is 2.52 bits per heavy atom. The molecule has 1 saturated carbocycles. The Hall–Kier alpha value is -2.11. The van der Waals surface area contributed by atoms with Crippen molar-refractivity contribution in [3.63, 3.8) is 0 Å². The van der Waals surface area contributed by atoms with Crippen LogP contribution in [0, 0.1) is 11.7 Å². The van der Waals surface area contributed by atoms with Gasteiger partial charge in [-0.2, -0.15) is 0 Å². The van der Waals surface area contributed by atoms with Crippen molar-refractivity contribution in [2.45, 2.75) is 38.1 Å². The molecule has 0 aliphatic heterocycles. The normalized spacial score (nSPS) is 17.2. The smallest absolute Gasteiger partial charge is 0.326 e. The van der Waals surface area contributed by atoms with E-state index in [1.165, 1.54) is 0 Å². The molecule has 3 N–H and O–H groups in total. The standard InChI is InChI=1S/C15H18FNO4/c16-10-6-7-12(18)11(8-10)14(19)17-13(15(20)21)9-4-2-1-3-5-9/h6-9,13,18H,1-5H2,(H,17,19)(H,20,21). The molecule has 1 aromatic rings. The lowest BCUT2D eigenvalue weighted by Crippen LogP contribution is -2.46. The third kappa shape index (κ3) is 3.71. The maximum Gasteiger partial charge on any atom is 0.326 e. The van der Waals surface area contributed by atoms with E-state index in [4.69, 9.17) is 0 Å². The van der Waals surface area contributed by atoms with Crippen LogP contribution in [0.25, 0.3) is 0 Å². The molecule has 1 atom stereocenters. The number of carbonyl (C=O) groups excluding carboxylic acids is 1. The Bertz CT molecular complexity index is 540. The van der Waals surface area contributed by atoms with Gasteiger partial charge in [0, 0.05) is 0 Å². The number of halogens is 1. The van der Waals surface area contributed by atoms with E-state index in [0.717, 1.165) is 50.3 Å². The molecule has 0 heterocycles. The highest BCUT2D eigenvalue weighted by atomic mass is 19.1. The molecule has 0 aromatic heterocycles. The van der Waals surface area contributed by atoms with E-state index >= 15 is 0 Å². The van der Waals surface area contributed by atoms with Gasteiger partial charge < -0.3 is 15.5 Å². The summed E-state index contributed by atoms with van der Waals surface area (Å²) in [7, 11) is 0. The van der Waals surface area contributed by atoms with E-state index < -0.39 is 23.7 Å². The molecule has 21 heavy (non-hydrogen) atoms. The van der Waals surface area contributed by atoms with Gasteiger partial charge in [0.25, 0.3) is 5.91 Å². The highest BCUT2D eigenvalue weighted by Gasteiger charge is 2.31. The molecule has 5 nitrogen and oxygen atoms in total. The van der Waals surface area contributed by atoms with E-state index in [0.29, 0.717) is 0 Å². The van der Waals surface area contributed by atoms with Crippen LogP contribution in [0.5, 0.6) is 5.75 Å². The molecular weight excluding hydrogens is 277 g/mol. The van der Waals surface area contributed by atoms with Gasteiger partial charge in [0.2, 0.25) is 0 Å². The summed E-state index contributed by atoms with van der Waals surface area (Å²) in [5.74, 6) is -3.05. The van der Waals surface area contributed by atoms with Gasteiger partial charge >= 0.3 is 5.97 Å². The van der Waals surface area contributed by atoms with Gasteiger partial charge in [0.1, 0.15) is 17.6 Å². The van der Waals surface area contributed by atoms with Crippen LogP contribution in [0.15, 0.2) is 18.2 Å². The first kappa shape index (κ1) is 15.3. The molecule has 0 bridgehead atoms. The van der Waals surface area contributed by atoms with Crippen molar-refractivity contribution in [2.24, 2.45) is 5.92 Å². The number of amides is 1. The summed E-state index contributed by atoms with van der Waals surface area (Å²) >= 11 is 0. The molecule has 2 rings (SSSR count). The van der Waals surface area contributed by atoms with Crippen molar-refractivity contribution in [2.75, 3.05) is 0 Å². The number of hydrogen-bond donors (Lipinski definition) is 3. The topological polar surface area (TPSA) is 86.6 Å². The Kier molecular flexibility index (Phi) is 4.77. The van der Waals surface area contributed by atoms with Crippen LogP contribution in [0.2, 0.25) is 0 Å². The quantitative estimate of drug-likeness (QED) is 0.795. The van der Waals surface area contributed by atoms with Crippen molar-refractivity contribution in [3.05, 3.63) is 29.6 Å². The van der Waals surface area contributed by atoms with Crippen LogP contribution in [0.4, 0.5) is 4.39 Å². The molecule has 114 valence electrons. The van der Waals surface area contributed by atoms with Crippen molar-refractivity contribution < 1.29 is 24.2 Å². The number of hydrogen-bond acceptors (Lipinski definition) is 3. The number of phenols is 1. The van der Waals surface area contributed by atoms with E-state index in [1.807, 2.05) is 0 Å². The molecule has 1 fully saturated rings. The van der Waals surface area contributed by atoms with Crippen molar-refractivity contribution in [1.82, 2.24) is 5.32 Å². The van der Waals surface area contributed by atoms with E-state index in [1.54, 1.807) is 0 Å². The van der Waals surface area contributed by atoms with Gasteiger partial charge in [-0.25, -0.2) is 9.18 Å². The van der Waals surface area contributed by atoms with Crippen molar-refractivity contribution >= 4 is 11.9 Å². The van der Waals surface area contributed by atoms with Crippen LogP contribution in [-0.4, -0.2) is 28.1 Å². The Morgan fingerprint density at radius 1 is 1.24 bits per heavy atom. The fourth-order valence-electron chi connectivity index (χ4n) is 2.76. The first-order valence-corrected chi connectivity index (χ1v) is 7.01. The van der Waals surface area contributed by atoms with E-state index in [9.17, 15) is 24.2 Å². The molecular formula is C15H18FNO4. The maximum atomic E-state index is 13.2. The van der Waals surface area contributed by atoms with Crippen LogP contribution < -0.4 is 5.32 Å². The summed E-state index contributed by atoms with van der Waals surface area (Å²) in [5, 5.41) is 21.3. The molecule has 1 aromatic carbocycles. The minimum Gasteiger partial charge on any atom is -0.507 e. The molecule has 0 radical (unpaired) electrons. The first-order valence-electron chi connectivity index (χ1n) is 7.01. The second-order valence-corrected chi connectivity index (χ2v) is 5.35. The SMILES string of the molecule is O=C(NC(C(=O)O)C1CCCCC1)c1cc(F)ccc1O. The zero-order valence-electron chi connectivity index (χ0n) is 11.5. The predicted molar refractivity (Wildman–Crippen MR) is 73.5 cm³/mol. The summed E-state index contributed by atoms with van der Waals surface area (Å²) < 4.78 is 13.2. The summed E-state index contributed by atoms with van der Waals surface area (Å²) in [6.45, 7) is 0. The summed E-state index contributed by atoms with van der Waals surface area (Å²) in [5.41, 5.74) is -0.253. The van der Waals surface area contributed by atoms with E-state index in [-0.39, 0.29) is 17.2 Å². The summed E-state index contributed by atoms with van der Waals surface area (Å²) in [4.78, 5) is 23.4. The number of rotatable bonds is 4. The van der Waals surface area contributed by atoms with Crippen LogP contribution in [0.3, 0.4) is 0 Å². The van der Waals surface area contributed by atoms with Gasteiger partial charge in [-0.3, -0.25) is 4.79 Å². The van der Waals surface area contributed by atoms with Gasteiger partial charge in [-0.05, 0) is 37.0 Å². The number of carboxylic acids is 1. The lowest BCUT2D eigenvalue weighted by molar-refractivity contribution is -0.141. The number of aliphatic carboxylic acids is 1. The number of carboxylic acid groups (broad SMARTS) is 1. The largest absolute Gasteiger partial charge is 0.507 e. The Morgan fingerprint density at radius 2 is 1.90 bits per heavy atom. The second kappa shape index (κ2) is 6.56. The molecule has 1 unspecified atom stereocenters. The Balaban J connectivity index is 2.14. The van der Waals surface area contributed by atoms with Gasteiger partial charge in [0.15, 0.2) is 0 Å². The van der Waals surface area contributed by atoms with Crippen LogP contribution in [0.1, 0.15) is 42.5 Å². The van der Waals surface area contributed by atoms with Crippen LogP contribution >= 0.6 is 0 Å². The monoisotopic (exact) mass is 295 g/mol. The molecule has 6 heteroatoms. The molecule has 1 aliphatic carbocycles. The molecule has 1 aliphatic rings. The van der Waals surface area contributed by atoms with E-state index in [2.05, 4.69) is 5.32 Å². The third-order valence-electron chi connectivity index (χ3n) is 3.88. The lowest BCUT2D eigenvalue weighted by Gasteiger charge is -2.28. The molecule has 1 amide bonds. The van der Waals surface area contributed by atoms with Crippen molar-refractivity contribution in [3.8, 4) is 5.75 Å². The lowest BCUT2D eigenvalue weighted by atomic mass is 9.84. The fourth-order valence-corrected chi connectivity index (χ4v) is 2.76. The fraction of sp³-hybridized carbons (Fsp3) is 0.467. The zero-order chi connectivity index (χ0) is 15.4. The average Bonchev–Trinajstić information content (AvgIpc) is 2.47. The number of aromatic hydroxyl groups is 1. The third-order valence-corrected chi connectivity index (χ3v) is 3.88. The Labute approximate surface area is 121 Å². The van der Waals surface area contributed by atoms with Crippen molar-refractivity contribution in [1.29, 1.82) is 0 Å². The minimum atomic E-state index is -1.11. The van der Waals surface area contributed by atoms with Gasteiger partial charge in [-0.1, -0.05) is 19.3 Å². The minimum absolute atomic E-state index is 0.129. The zero-order valence-corrected chi connectivity index (χ0v) is 11.5. The second-order valence-electron chi connectivity index (χ2n) is 5.35. The van der Waals surface area contributed by atoms with Gasteiger partial charge in [0.05, 0.1) is 5.56 Å². The number of benzene rings is 1. The highest BCUT2D eigenvalue weighted by molar-refractivity contribution is 5.98. The number of phenolic OH excluding ortho intramolecular Hbond substituents is 1. The number of nitrogens with one attached hydrogen (secondary N) is 1. The predicted octanol–water partition coefficient (Wildman–Crippen LogP) is 2.29. The summed E-state index contributed by atoms with van der Waals surface area (Å²) in [6.07, 6.45) is 4.44. The van der Waals surface area contributed by atoms with Gasteiger partial charge in [-0.15, -0.1) is 0 Å². The average molecular weight is 295 g/mol.